The number of hydrogen-bond donors (Lipinski definition) is 2. The predicted molar refractivity (Wildman–Crippen MR) is 105 cm³/mol. The van der Waals surface area contributed by atoms with Crippen molar-refractivity contribution in [2.45, 2.75) is 37.0 Å². The van der Waals surface area contributed by atoms with Crippen LogP contribution < -0.4 is 11.1 Å². The third-order valence-corrected chi connectivity index (χ3v) is 6.50. The van der Waals surface area contributed by atoms with Crippen LogP contribution in [0.15, 0.2) is 47.5 Å². The third-order valence-electron chi connectivity index (χ3n) is 4.59. The highest BCUT2D eigenvalue weighted by molar-refractivity contribution is 7.89. The molecule has 1 aliphatic rings. The van der Waals surface area contributed by atoms with Crippen molar-refractivity contribution < 1.29 is 13.2 Å². The Balaban J connectivity index is 1.55. The van der Waals surface area contributed by atoms with Crippen LogP contribution >= 0.6 is 0 Å². The number of pyridine rings is 1. The number of sulfonamides is 1. The molecule has 144 valence electrons. The summed E-state index contributed by atoms with van der Waals surface area (Å²) in [6, 6.07) is 10.1. The fourth-order valence-electron chi connectivity index (χ4n) is 3.04. The number of aromatic nitrogens is 1. The first kappa shape index (κ1) is 19.3. The number of nitrogen functional groups attached to an aromatic ring is 1. The van der Waals surface area contributed by atoms with E-state index in [2.05, 4.69) is 10.3 Å². The fourth-order valence-corrected chi connectivity index (χ4v) is 4.56. The van der Waals surface area contributed by atoms with Gasteiger partial charge >= 0.3 is 0 Å². The zero-order valence-corrected chi connectivity index (χ0v) is 15.9. The minimum absolute atomic E-state index is 0.133. The normalized spacial score (nSPS) is 15.4. The van der Waals surface area contributed by atoms with Crippen LogP contribution in [0.5, 0.6) is 0 Å². The van der Waals surface area contributed by atoms with E-state index in [4.69, 9.17) is 5.73 Å². The number of nitrogens with zero attached hydrogens (tertiary/aromatic N) is 2. The van der Waals surface area contributed by atoms with Crippen LogP contribution in [0.2, 0.25) is 0 Å². The van der Waals surface area contributed by atoms with E-state index < -0.39 is 10.0 Å². The molecule has 2 aromatic rings. The number of carbonyl (C=O) groups excluding carboxylic acids is 1. The number of nitrogens with one attached hydrogen (secondary N) is 1. The number of rotatable bonds is 6. The number of anilines is 2. The Kier molecular flexibility index (Phi) is 6.08. The molecule has 1 amide bonds. The van der Waals surface area contributed by atoms with Gasteiger partial charge in [-0.15, -0.1) is 0 Å². The average Bonchev–Trinajstić information content (AvgIpc) is 2.69. The first-order valence-electron chi connectivity index (χ1n) is 9.05. The maximum atomic E-state index is 12.6. The van der Waals surface area contributed by atoms with Crippen molar-refractivity contribution in [1.82, 2.24) is 9.29 Å². The fraction of sp³-hybridized carbons (Fsp3) is 0.368. The Morgan fingerprint density at radius 2 is 1.78 bits per heavy atom. The lowest BCUT2D eigenvalue weighted by Crippen LogP contribution is -2.35. The minimum atomic E-state index is -3.42. The molecule has 0 atom stereocenters. The number of benzene rings is 1. The minimum Gasteiger partial charge on any atom is -0.384 e. The molecule has 1 aliphatic heterocycles. The topological polar surface area (TPSA) is 105 Å². The van der Waals surface area contributed by atoms with E-state index in [1.54, 1.807) is 40.7 Å². The van der Waals surface area contributed by atoms with Crippen molar-refractivity contribution >= 4 is 27.4 Å². The van der Waals surface area contributed by atoms with Crippen molar-refractivity contribution in [1.29, 1.82) is 0 Å². The standard InChI is InChI=1S/C19H24N4O3S/c20-18-10-7-16(14-21-18)22-19(24)11-6-15-4-8-17(9-5-15)27(25,26)23-12-2-1-3-13-23/h4-5,7-10,14H,1-3,6,11-13H2,(H2,20,21)(H,22,24). The van der Waals surface area contributed by atoms with Crippen LogP contribution in [0.3, 0.4) is 0 Å². The quantitative estimate of drug-likeness (QED) is 0.790. The Labute approximate surface area is 159 Å². The predicted octanol–water partition coefficient (Wildman–Crippen LogP) is 2.41. The molecule has 1 saturated heterocycles. The molecule has 0 radical (unpaired) electrons. The van der Waals surface area contributed by atoms with Crippen molar-refractivity contribution in [3.8, 4) is 0 Å². The molecule has 2 heterocycles. The molecule has 7 nitrogen and oxygen atoms in total. The maximum absolute atomic E-state index is 12.6. The van der Waals surface area contributed by atoms with Crippen molar-refractivity contribution in [2.24, 2.45) is 0 Å². The summed E-state index contributed by atoms with van der Waals surface area (Å²) < 4.78 is 26.8. The van der Waals surface area contributed by atoms with Crippen molar-refractivity contribution in [2.75, 3.05) is 24.1 Å². The van der Waals surface area contributed by atoms with Gasteiger partial charge in [-0.05, 0) is 49.1 Å². The lowest BCUT2D eigenvalue weighted by atomic mass is 10.1. The summed E-state index contributed by atoms with van der Waals surface area (Å²) in [6.45, 7) is 1.18. The number of amides is 1. The molecule has 0 saturated carbocycles. The largest absolute Gasteiger partial charge is 0.384 e. The van der Waals surface area contributed by atoms with Crippen LogP contribution in [0.4, 0.5) is 11.5 Å². The van der Waals surface area contributed by atoms with E-state index in [-0.39, 0.29) is 5.91 Å². The number of carbonyl (C=O) groups is 1. The summed E-state index contributed by atoms with van der Waals surface area (Å²) in [5, 5.41) is 2.76. The van der Waals surface area contributed by atoms with Crippen LogP contribution in [0.25, 0.3) is 0 Å². The van der Waals surface area contributed by atoms with Gasteiger partial charge in [0.25, 0.3) is 0 Å². The molecule has 0 unspecified atom stereocenters. The van der Waals surface area contributed by atoms with Crippen LogP contribution in [-0.4, -0.2) is 36.7 Å². The Bertz CT molecular complexity index is 874. The van der Waals surface area contributed by atoms with E-state index in [0.29, 0.717) is 42.3 Å². The van der Waals surface area contributed by atoms with Gasteiger partial charge in [0.05, 0.1) is 16.8 Å². The molecule has 8 heteroatoms. The highest BCUT2D eigenvalue weighted by Gasteiger charge is 2.25. The zero-order valence-electron chi connectivity index (χ0n) is 15.1. The summed E-state index contributed by atoms with van der Waals surface area (Å²) in [7, 11) is -3.42. The van der Waals surface area contributed by atoms with Gasteiger partial charge in [-0.3, -0.25) is 4.79 Å². The molecule has 27 heavy (non-hydrogen) atoms. The highest BCUT2D eigenvalue weighted by atomic mass is 32.2. The van der Waals surface area contributed by atoms with E-state index >= 15 is 0 Å². The van der Waals surface area contributed by atoms with Gasteiger partial charge in [0, 0.05) is 19.5 Å². The molecular weight excluding hydrogens is 364 g/mol. The van der Waals surface area contributed by atoms with Crippen LogP contribution in [0.1, 0.15) is 31.2 Å². The van der Waals surface area contributed by atoms with Gasteiger partial charge < -0.3 is 11.1 Å². The summed E-state index contributed by atoms with van der Waals surface area (Å²) >= 11 is 0. The first-order chi connectivity index (χ1) is 12.9. The highest BCUT2D eigenvalue weighted by Crippen LogP contribution is 2.21. The average molecular weight is 388 g/mol. The van der Waals surface area contributed by atoms with Gasteiger partial charge in [0.2, 0.25) is 15.9 Å². The summed E-state index contributed by atoms with van der Waals surface area (Å²) in [4.78, 5) is 16.3. The Morgan fingerprint density at radius 1 is 1.07 bits per heavy atom. The molecule has 1 aromatic heterocycles. The van der Waals surface area contributed by atoms with Gasteiger partial charge in [-0.25, -0.2) is 13.4 Å². The second-order valence-electron chi connectivity index (χ2n) is 6.63. The zero-order chi connectivity index (χ0) is 19.3. The molecule has 0 aliphatic carbocycles. The Morgan fingerprint density at radius 3 is 2.41 bits per heavy atom. The Hall–Kier alpha value is -2.45. The van der Waals surface area contributed by atoms with E-state index in [1.807, 2.05) is 0 Å². The van der Waals surface area contributed by atoms with Gasteiger partial charge in [0.15, 0.2) is 0 Å². The smallest absolute Gasteiger partial charge is 0.243 e. The second-order valence-corrected chi connectivity index (χ2v) is 8.57. The summed E-state index contributed by atoms with van der Waals surface area (Å²) in [6.07, 6.45) is 5.24. The lowest BCUT2D eigenvalue weighted by molar-refractivity contribution is -0.116. The molecule has 3 N–H and O–H groups in total. The molecular formula is C19H24N4O3S. The van der Waals surface area contributed by atoms with Crippen LogP contribution in [-0.2, 0) is 21.2 Å². The first-order valence-corrected chi connectivity index (χ1v) is 10.5. The van der Waals surface area contributed by atoms with Crippen molar-refractivity contribution in [3.05, 3.63) is 48.2 Å². The molecule has 1 fully saturated rings. The van der Waals surface area contributed by atoms with E-state index in [1.165, 1.54) is 6.20 Å². The summed E-state index contributed by atoms with van der Waals surface area (Å²) in [5.41, 5.74) is 7.02. The second kappa shape index (κ2) is 8.49. The number of nitrogens with two attached hydrogens (primary N) is 1. The lowest BCUT2D eigenvalue weighted by Gasteiger charge is -2.25. The van der Waals surface area contributed by atoms with Gasteiger partial charge in [0.1, 0.15) is 5.82 Å². The van der Waals surface area contributed by atoms with E-state index in [9.17, 15) is 13.2 Å². The van der Waals surface area contributed by atoms with Gasteiger partial charge in [-0.1, -0.05) is 18.6 Å². The number of piperidine rings is 1. The van der Waals surface area contributed by atoms with Crippen molar-refractivity contribution in [3.63, 3.8) is 0 Å². The third kappa shape index (κ3) is 5.05. The van der Waals surface area contributed by atoms with Crippen LogP contribution in [0, 0.1) is 0 Å². The van der Waals surface area contributed by atoms with Gasteiger partial charge in [-0.2, -0.15) is 4.31 Å². The number of hydrogen-bond acceptors (Lipinski definition) is 5. The maximum Gasteiger partial charge on any atom is 0.243 e. The monoisotopic (exact) mass is 388 g/mol. The summed E-state index contributed by atoms with van der Waals surface area (Å²) in [5.74, 6) is 0.263. The SMILES string of the molecule is Nc1ccc(NC(=O)CCc2ccc(S(=O)(=O)N3CCCCC3)cc2)cn1. The molecule has 0 bridgehead atoms. The molecule has 3 rings (SSSR count). The van der Waals surface area contributed by atoms with E-state index in [0.717, 1.165) is 24.8 Å². The molecule has 1 aromatic carbocycles. The number of aryl methyl sites for hydroxylation is 1. The molecule has 0 spiro atoms.